The smallest absolute Gasteiger partial charge is 0.313 e. The van der Waals surface area contributed by atoms with Gasteiger partial charge < -0.3 is 16.0 Å². The average Bonchev–Trinajstić information content (AvgIpc) is 2.65. The van der Waals surface area contributed by atoms with Gasteiger partial charge in [0.15, 0.2) is 0 Å². The van der Waals surface area contributed by atoms with Gasteiger partial charge in [-0.1, -0.05) is 37.5 Å². The second-order valence-corrected chi connectivity index (χ2v) is 6.33. The van der Waals surface area contributed by atoms with Crippen LogP contribution in [0.2, 0.25) is 0 Å². The molecule has 0 bridgehead atoms. The monoisotopic (exact) mass is 337 g/mol. The Balaban J connectivity index is 1.51. The largest absolute Gasteiger partial charge is 0.356 e. The van der Waals surface area contributed by atoms with Gasteiger partial charge in [-0.15, -0.1) is 0 Å². The fraction of sp³-hybridized carbons (Fsp3) is 0.300. The molecule has 0 spiro atoms. The summed E-state index contributed by atoms with van der Waals surface area (Å²) in [5.41, 5.74) is 2.50. The van der Waals surface area contributed by atoms with Crippen molar-refractivity contribution in [2.24, 2.45) is 0 Å². The lowest BCUT2D eigenvalue weighted by Crippen LogP contribution is -2.42. The Labute approximate surface area is 147 Å². The fourth-order valence-corrected chi connectivity index (χ4v) is 3.01. The van der Waals surface area contributed by atoms with Gasteiger partial charge in [0.05, 0.1) is 0 Å². The summed E-state index contributed by atoms with van der Waals surface area (Å²) in [6, 6.07) is 17.2. The van der Waals surface area contributed by atoms with Crippen LogP contribution in [0.4, 0.5) is 17.1 Å². The molecular formula is C20H23N3O2. The van der Waals surface area contributed by atoms with Gasteiger partial charge >= 0.3 is 11.8 Å². The van der Waals surface area contributed by atoms with Gasteiger partial charge in [0.25, 0.3) is 0 Å². The number of nitrogens with one attached hydrogen (secondary N) is 3. The van der Waals surface area contributed by atoms with Gasteiger partial charge in [-0.25, -0.2) is 0 Å². The highest BCUT2D eigenvalue weighted by Crippen LogP contribution is 2.19. The summed E-state index contributed by atoms with van der Waals surface area (Å²) < 4.78 is 0. The summed E-state index contributed by atoms with van der Waals surface area (Å²) >= 11 is 0. The Morgan fingerprint density at radius 3 is 2.00 bits per heavy atom. The molecule has 0 radical (unpaired) electrons. The number of hydrogen-bond acceptors (Lipinski definition) is 3. The Morgan fingerprint density at radius 2 is 1.32 bits per heavy atom. The zero-order valence-corrected chi connectivity index (χ0v) is 14.1. The molecule has 0 atom stereocenters. The Hall–Kier alpha value is -2.82. The highest BCUT2D eigenvalue weighted by molar-refractivity contribution is 6.39. The SMILES string of the molecule is O=C(Nc1ccc(Nc2ccccc2)cc1)C(=O)NC1CCCCC1. The van der Waals surface area contributed by atoms with E-state index in [1.54, 1.807) is 12.1 Å². The van der Waals surface area contributed by atoms with Crippen LogP contribution in [0.5, 0.6) is 0 Å². The van der Waals surface area contributed by atoms with E-state index in [1.165, 1.54) is 6.42 Å². The van der Waals surface area contributed by atoms with E-state index >= 15 is 0 Å². The molecule has 130 valence electrons. The van der Waals surface area contributed by atoms with Crippen molar-refractivity contribution in [2.45, 2.75) is 38.1 Å². The third-order valence-corrected chi connectivity index (χ3v) is 4.35. The topological polar surface area (TPSA) is 70.2 Å². The maximum absolute atomic E-state index is 12.0. The average molecular weight is 337 g/mol. The van der Waals surface area contributed by atoms with E-state index in [2.05, 4.69) is 16.0 Å². The molecule has 2 aromatic carbocycles. The van der Waals surface area contributed by atoms with E-state index in [1.807, 2.05) is 42.5 Å². The lowest BCUT2D eigenvalue weighted by Gasteiger charge is -2.22. The molecule has 0 aliphatic heterocycles. The summed E-state index contributed by atoms with van der Waals surface area (Å²) in [5, 5.41) is 8.73. The molecule has 3 N–H and O–H groups in total. The van der Waals surface area contributed by atoms with E-state index < -0.39 is 11.8 Å². The summed E-state index contributed by atoms with van der Waals surface area (Å²) in [4.78, 5) is 24.0. The van der Waals surface area contributed by atoms with Crippen molar-refractivity contribution in [3.63, 3.8) is 0 Å². The zero-order valence-electron chi connectivity index (χ0n) is 14.1. The fourth-order valence-electron chi connectivity index (χ4n) is 3.01. The quantitative estimate of drug-likeness (QED) is 0.743. The first-order valence-corrected chi connectivity index (χ1v) is 8.75. The van der Waals surface area contributed by atoms with E-state index in [9.17, 15) is 9.59 Å². The zero-order chi connectivity index (χ0) is 17.5. The van der Waals surface area contributed by atoms with Crippen molar-refractivity contribution in [1.82, 2.24) is 5.32 Å². The van der Waals surface area contributed by atoms with Crippen LogP contribution in [0.15, 0.2) is 54.6 Å². The van der Waals surface area contributed by atoms with Crippen molar-refractivity contribution >= 4 is 28.9 Å². The maximum Gasteiger partial charge on any atom is 0.313 e. The molecule has 2 amide bonds. The predicted octanol–water partition coefficient (Wildman–Crippen LogP) is 3.82. The van der Waals surface area contributed by atoms with Gasteiger partial charge in [0.2, 0.25) is 0 Å². The van der Waals surface area contributed by atoms with Crippen molar-refractivity contribution in [2.75, 3.05) is 10.6 Å². The number of para-hydroxylation sites is 1. The van der Waals surface area contributed by atoms with Crippen LogP contribution in [0.1, 0.15) is 32.1 Å². The molecule has 1 saturated carbocycles. The van der Waals surface area contributed by atoms with Crippen LogP contribution in [0, 0.1) is 0 Å². The summed E-state index contributed by atoms with van der Waals surface area (Å²) in [6.45, 7) is 0. The molecule has 2 aromatic rings. The number of carbonyl (C=O) groups is 2. The Bertz CT molecular complexity index is 707. The summed E-state index contributed by atoms with van der Waals surface area (Å²) in [7, 11) is 0. The molecule has 5 heteroatoms. The molecule has 5 nitrogen and oxygen atoms in total. The van der Waals surface area contributed by atoms with Crippen LogP contribution >= 0.6 is 0 Å². The van der Waals surface area contributed by atoms with E-state index in [-0.39, 0.29) is 6.04 Å². The lowest BCUT2D eigenvalue weighted by molar-refractivity contribution is -0.136. The van der Waals surface area contributed by atoms with Gasteiger partial charge in [-0.05, 0) is 49.2 Å². The van der Waals surface area contributed by atoms with Crippen LogP contribution < -0.4 is 16.0 Å². The second kappa shape index (κ2) is 8.33. The summed E-state index contributed by atoms with van der Waals surface area (Å²) in [5.74, 6) is -1.17. The Morgan fingerprint density at radius 1 is 0.720 bits per heavy atom. The normalized spacial score (nSPS) is 14.6. The molecule has 1 aliphatic rings. The molecule has 1 fully saturated rings. The minimum absolute atomic E-state index is 0.129. The van der Waals surface area contributed by atoms with Crippen LogP contribution in [0.25, 0.3) is 0 Å². The first-order chi connectivity index (χ1) is 12.2. The second-order valence-electron chi connectivity index (χ2n) is 6.33. The molecule has 0 saturated heterocycles. The highest BCUT2D eigenvalue weighted by atomic mass is 16.2. The first-order valence-electron chi connectivity index (χ1n) is 8.75. The number of hydrogen-bond donors (Lipinski definition) is 3. The molecule has 25 heavy (non-hydrogen) atoms. The predicted molar refractivity (Wildman–Crippen MR) is 99.8 cm³/mol. The molecule has 0 heterocycles. The van der Waals surface area contributed by atoms with E-state index in [0.717, 1.165) is 37.1 Å². The Kier molecular flexibility index (Phi) is 5.67. The van der Waals surface area contributed by atoms with Crippen LogP contribution in [-0.4, -0.2) is 17.9 Å². The van der Waals surface area contributed by atoms with Gasteiger partial charge in [-0.2, -0.15) is 0 Å². The highest BCUT2D eigenvalue weighted by Gasteiger charge is 2.20. The summed E-state index contributed by atoms with van der Waals surface area (Å²) in [6.07, 6.45) is 5.35. The minimum atomic E-state index is -0.616. The lowest BCUT2D eigenvalue weighted by atomic mass is 9.95. The van der Waals surface area contributed by atoms with Crippen molar-refractivity contribution in [3.05, 3.63) is 54.6 Å². The van der Waals surface area contributed by atoms with Gasteiger partial charge in [0, 0.05) is 23.1 Å². The van der Waals surface area contributed by atoms with Crippen molar-refractivity contribution in [3.8, 4) is 0 Å². The molecule has 0 unspecified atom stereocenters. The molecule has 3 rings (SSSR count). The van der Waals surface area contributed by atoms with Crippen LogP contribution in [-0.2, 0) is 9.59 Å². The number of carbonyl (C=O) groups excluding carboxylic acids is 2. The standard InChI is InChI=1S/C20H23N3O2/c24-19(22-16-9-5-2-6-10-16)20(25)23-18-13-11-17(12-14-18)21-15-7-3-1-4-8-15/h1,3-4,7-8,11-14,16,21H,2,5-6,9-10H2,(H,22,24)(H,23,25). The molecule has 1 aliphatic carbocycles. The molecular weight excluding hydrogens is 314 g/mol. The van der Waals surface area contributed by atoms with E-state index in [4.69, 9.17) is 0 Å². The van der Waals surface area contributed by atoms with Crippen molar-refractivity contribution < 1.29 is 9.59 Å². The van der Waals surface area contributed by atoms with E-state index in [0.29, 0.717) is 5.69 Å². The third kappa shape index (κ3) is 5.08. The van der Waals surface area contributed by atoms with Gasteiger partial charge in [0.1, 0.15) is 0 Å². The number of anilines is 3. The first kappa shape index (κ1) is 17.0. The van der Waals surface area contributed by atoms with Crippen LogP contribution in [0.3, 0.4) is 0 Å². The number of rotatable bonds is 4. The third-order valence-electron chi connectivity index (χ3n) is 4.35. The van der Waals surface area contributed by atoms with Crippen molar-refractivity contribution in [1.29, 1.82) is 0 Å². The molecule has 0 aromatic heterocycles. The minimum Gasteiger partial charge on any atom is -0.356 e. The number of benzene rings is 2. The van der Waals surface area contributed by atoms with Gasteiger partial charge in [-0.3, -0.25) is 9.59 Å². The maximum atomic E-state index is 12.0. The number of amides is 2.